The Balaban J connectivity index is 2.09. The van der Waals surface area contributed by atoms with Crippen molar-refractivity contribution >= 4 is 17.4 Å². The van der Waals surface area contributed by atoms with Crippen LogP contribution in [0.4, 0.5) is 0 Å². The van der Waals surface area contributed by atoms with Crippen molar-refractivity contribution in [2.24, 2.45) is 0 Å². The molecule has 0 spiro atoms. The standard InChI is InChI=1S/C19H25NO4/c1-3-5-6-7-12-20-18(22)16(17(21)19(20)23)14-8-10-15(11-9-14)24-13-4-2/h8-11,21H,3-7,12-13H2,1-2H3. The molecule has 1 aromatic carbocycles. The summed E-state index contributed by atoms with van der Waals surface area (Å²) in [5.41, 5.74) is 0.614. The first-order valence-electron chi connectivity index (χ1n) is 8.62. The van der Waals surface area contributed by atoms with Crippen LogP contribution in [0.3, 0.4) is 0 Å². The van der Waals surface area contributed by atoms with Gasteiger partial charge in [-0.3, -0.25) is 14.5 Å². The van der Waals surface area contributed by atoms with Crippen molar-refractivity contribution in [2.45, 2.75) is 46.0 Å². The summed E-state index contributed by atoms with van der Waals surface area (Å²) in [5, 5.41) is 10.1. The topological polar surface area (TPSA) is 66.8 Å². The Kier molecular flexibility index (Phi) is 6.41. The van der Waals surface area contributed by atoms with Crippen molar-refractivity contribution in [2.75, 3.05) is 13.2 Å². The molecule has 0 saturated carbocycles. The zero-order valence-corrected chi connectivity index (χ0v) is 14.4. The lowest BCUT2D eigenvalue weighted by molar-refractivity contribution is -0.138. The monoisotopic (exact) mass is 331 g/mol. The number of hydrogen-bond donors (Lipinski definition) is 1. The number of carbonyl (C=O) groups excluding carboxylic acids is 2. The van der Waals surface area contributed by atoms with Gasteiger partial charge in [-0.1, -0.05) is 45.2 Å². The summed E-state index contributed by atoms with van der Waals surface area (Å²) in [5.74, 6) is -0.777. The number of aliphatic hydroxyl groups excluding tert-OH is 1. The lowest BCUT2D eigenvalue weighted by Gasteiger charge is -2.14. The predicted molar refractivity (Wildman–Crippen MR) is 92.6 cm³/mol. The number of ether oxygens (including phenoxy) is 1. The highest BCUT2D eigenvalue weighted by Crippen LogP contribution is 2.29. The number of unbranched alkanes of at least 4 members (excludes halogenated alkanes) is 3. The van der Waals surface area contributed by atoms with E-state index >= 15 is 0 Å². The van der Waals surface area contributed by atoms with Crippen molar-refractivity contribution in [1.82, 2.24) is 4.90 Å². The molecule has 1 heterocycles. The molecule has 1 aliphatic rings. The van der Waals surface area contributed by atoms with Gasteiger partial charge in [-0.05, 0) is 30.5 Å². The SMILES string of the molecule is CCCCCCN1C(=O)C(O)=C(c2ccc(OCCC)cc2)C1=O. The van der Waals surface area contributed by atoms with Gasteiger partial charge in [0.1, 0.15) is 5.75 Å². The second kappa shape index (κ2) is 8.52. The molecule has 0 atom stereocenters. The lowest BCUT2D eigenvalue weighted by atomic mass is 10.1. The van der Waals surface area contributed by atoms with Gasteiger partial charge in [0, 0.05) is 6.54 Å². The number of nitrogens with zero attached hydrogens (tertiary/aromatic N) is 1. The van der Waals surface area contributed by atoms with Crippen LogP contribution in [0.5, 0.6) is 5.75 Å². The Morgan fingerprint density at radius 3 is 2.29 bits per heavy atom. The summed E-state index contributed by atoms with van der Waals surface area (Å²) in [6, 6.07) is 6.88. The highest BCUT2D eigenvalue weighted by molar-refractivity contribution is 6.34. The molecular weight excluding hydrogens is 306 g/mol. The highest BCUT2D eigenvalue weighted by Gasteiger charge is 2.38. The lowest BCUT2D eigenvalue weighted by Crippen LogP contribution is -2.32. The molecule has 1 N–H and O–H groups in total. The summed E-state index contributed by atoms with van der Waals surface area (Å²) >= 11 is 0. The fourth-order valence-electron chi connectivity index (χ4n) is 2.66. The van der Waals surface area contributed by atoms with Gasteiger partial charge >= 0.3 is 0 Å². The molecule has 1 aromatic rings. The number of imide groups is 1. The van der Waals surface area contributed by atoms with E-state index in [4.69, 9.17) is 4.74 Å². The summed E-state index contributed by atoms with van der Waals surface area (Å²) in [6.07, 6.45) is 4.79. The van der Waals surface area contributed by atoms with Crippen molar-refractivity contribution in [3.63, 3.8) is 0 Å². The van der Waals surface area contributed by atoms with Gasteiger partial charge < -0.3 is 9.84 Å². The maximum absolute atomic E-state index is 12.5. The third-order valence-electron chi connectivity index (χ3n) is 3.99. The second-order valence-corrected chi connectivity index (χ2v) is 5.92. The molecule has 2 amide bonds. The van der Waals surface area contributed by atoms with E-state index in [-0.39, 0.29) is 5.57 Å². The Hall–Kier alpha value is -2.30. The molecule has 0 aliphatic carbocycles. The van der Waals surface area contributed by atoms with Gasteiger partial charge in [0.05, 0.1) is 12.2 Å². The first-order valence-corrected chi connectivity index (χ1v) is 8.62. The van der Waals surface area contributed by atoms with E-state index in [0.29, 0.717) is 24.5 Å². The van der Waals surface area contributed by atoms with Gasteiger partial charge in [0.25, 0.3) is 11.8 Å². The Morgan fingerprint density at radius 2 is 1.67 bits per heavy atom. The van der Waals surface area contributed by atoms with E-state index in [1.807, 2.05) is 6.92 Å². The smallest absolute Gasteiger partial charge is 0.296 e. The maximum Gasteiger partial charge on any atom is 0.296 e. The molecule has 0 fully saturated rings. The van der Waals surface area contributed by atoms with Crippen LogP contribution in [0, 0.1) is 0 Å². The Morgan fingerprint density at radius 1 is 0.958 bits per heavy atom. The summed E-state index contributed by atoms with van der Waals surface area (Å²) < 4.78 is 5.50. The van der Waals surface area contributed by atoms with Gasteiger partial charge in [-0.2, -0.15) is 0 Å². The van der Waals surface area contributed by atoms with Crippen LogP contribution in [0.2, 0.25) is 0 Å². The van der Waals surface area contributed by atoms with Gasteiger partial charge in [-0.25, -0.2) is 0 Å². The average molecular weight is 331 g/mol. The largest absolute Gasteiger partial charge is 0.502 e. The second-order valence-electron chi connectivity index (χ2n) is 5.92. The van der Waals surface area contributed by atoms with E-state index < -0.39 is 17.6 Å². The minimum Gasteiger partial charge on any atom is -0.502 e. The summed E-state index contributed by atoms with van der Waals surface area (Å²) in [4.78, 5) is 25.8. The summed E-state index contributed by atoms with van der Waals surface area (Å²) in [7, 11) is 0. The van der Waals surface area contributed by atoms with Gasteiger partial charge in [0.2, 0.25) is 0 Å². The quantitative estimate of drug-likeness (QED) is 0.553. The fraction of sp³-hybridized carbons (Fsp3) is 0.474. The van der Waals surface area contributed by atoms with Crippen molar-refractivity contribution in [3.8, 4) is 5.75 Å². The van der Waals surface area contributed by atoms with Crippen LogP contribution in [-0.4, -0.2) is 35.0 Å². The maximum atomic E-state index is 12.5. The average Bonchev–Trinajstić information content (AvgIpc) is 2.80. The molecule has 0 radical (unpaired) electrons. The summed E-state index contributed by atoms with van der Waals surface area (Å²) in [6.45, 7) is 5.10. The van der Waals surface area contributed by atoms with Crippen LogP contribution < -0.4 is 4.74 Å². The predicted octanol–water partition coefficient (Wildman–Crippen LogP) is 3.69. The molecule has 0 bridgehead atoms. The van der Waals surface area contributed by atoms with E-state index in [0.717, 1.165) is 37.0 Å². The van der Waals surface area contributed by atoms with Gasteiger partial charge in [0.15, 0.2) is 5.76 Å². The number of aliphatic hydroxyl groups is 1. The van der Waals surface area contributed by atoms with Crippen molar-refractivity contribution in [3.05, 3.63) is 35.6 Å². The molecule has 0 unspecified atom stereocenters. The molecule has 2 rings (SSSR count). The molecular formula is C19H25NO4. The van der Waals surface area contributed by atoms with Gasteiger partial charge in [-0.15, -0.1) is 0 Å². The highest BCUT2D eigenvalue weighted by atomic mass is 16.5. The van der Waals surface area contributed by atoms with E-state index in [2.05, 4.69) is 6.92 Å². The van der Waals surface area contributed by atoms with E-state index in [1.165, 1.54) is 0 Å². The Bertz CT molecular complexity index is 619. The number of rotatable bonds is 9. The van der Waals surface area contributed by atoms with Crippen molar-refractivity contribution < 1.29 is 19.4 Å². The Labute approximate surface area is 142 Å². The van der Waals surface area contributed by atoms with Crippen molar-refractivity contribution in [1.29, 1.82) is 0 Å². The van der Waals surface area contributed by atoms with Crippen LogP contribution in [0.25, 0.3) is 5.57 Å². The molecule has 130 valence electrons. The zero-order chi connectivity index (χ0) is 17.5. The van der Waals surface area contributed by atoms with Crippen LogP contribution >= 0.6 is 0 Å². The van der Waals surface area contributed by atoms with Crippen LogP contribution in [-0.2, 0) is 9.59 Å². The fourth-order valence-corrected chi connectivity index (χ4v) is 2.66. The minimum atomic E-state index is -0.599. The minimum absolute atomic E-state index is 0.0810. The van der Waals surface area contributed by atoms with Crippen LogP contribution in [0.15, 0.2) is 30.0 Å². The third-order valence-corrected chi connectivity index (χ3v) is 3.99. The van der Waals surface area contributed by atoms with E-state index in [1.54, 1.807) is 24.3 Å². The molecule has 0 aromatic heterocycles. The third kappa shape index (κ3) is 3.96. The number of amides is 2. The number of carbonyl (C=O) groups is 2. The molecule has 24 heavy (non-hydrogen) atoms. The molecule has 1 aliphatic heterocycles. The van der Waals surface area contributed by atoms with E-state index in [9.17, 15) is 14.7 Å². The van der Waals surface area contributed by atoms with Crippen LogP contribution in [0.1, 0.15) is 51.5 Å². The zero-order valence-electron chi connectivity index (χ0n) is 14.4. The normalized spacial score (nSPS) is 14.7. The molecule has 5 heteroatoms. The number of hydrogen-bond acceptors (Lipinski definition) is 4. The first kappa shape index (κ1) is 18.0. The molecule has 5 nitrogen and oxygen atoms in total. The first-order chi connectivity index (χ1) is 11.6. The molecule has 0 saturated heterocycles. The number of benzene rings is 1.